The smallest absolute Gasteiger partial charge is 0.0797 e. The van der Waals surface area contributed by atoms with Gasteiger partial charge in [0.25, 0.3) is 0 Å². The van der Waals surface area contributed by atoms with Crippen LogP contribution in [0.2, 0.25) is 0 Å². The van der Waals surface area contributed by atoms with E-state index in [0.29, 0.717) is 0 Å². The van der Waals surface area contributed by atoms with Crippen LogP contribution in [0.4, 0.5) is 0 Å². The fourth-order valence-electron chi connectivity index (χ4n) is 1.75. The molecule has 0 saturated heterocycles. The molecular formula is C11H17N5. The lowest BCUT2D eigenvalue weighted by Gasteiger charge is -2.11. The van der Waals surface area contributed by atoms with Gasteiger partial charge in [0, 0.05) is 32.9 Å². The summed E-state index contributed by atoms with van der Waals surface area (Å²) in [5, 5.41) is 12.0. The lowest BCUT2D eigenvalue weighted by Crippen LogP contribution is -2.20. The van der Waals surface area contributed by atoms with E-state index in [-0.39, 0.29) is 6.04 Å². The maximum Gasteiger partial charge on any atom is 0.0797 e. The van der Waals surface area contributed by atoms with Crippen molar-refractivity contribution in [3.05, 3.63) is 35.9 Å². The molecule has 0 saturated carbocycles. The summed E-state index contributed by atoms with van der Waals surface area (Å²) in [6.07, 6.45) is 4.77. The highest BCUT2D eigenvalue weighted by atomic mass is 15.3. The molecule has 0 bridgehead atoms. The van der Waals surface area contributed by atoms with Gasteiger partial charge in [-0.05, 0) is 19.2 Å². The van der Waals surface area contributed by atoms with E-state index >= 15 is 0 Å². The van der Waals surface area contributed by atoms with E-state index in [4.69, 9.17) is 0 Å². The molecule has 0 radical (unpaired) electrons. The van der Waals surface area contributed by atoms with E-state index < -0.39 is 0 Å². The zero-order chi connectivity index (χ0) is 11.5. The molecular weight excluding hydrogens is 202 g/mol. The first-order valence-electron chi connectivity index (χ1n) is 5.34. The van der Waals surface area contributed by atoms with Crippen LogP contribution in [0, 0.1) is 0 Å². The molecule has 1 unspecified atom stereocenters. The third-order valence-electron chi connectivity index (χ3n) is 2.62. The molecule has 0 amide bonds. The number of aromatic nitrogens is 4. The highest BCUT2D eigenvalue weighted by Gasteiger charge is 2.13. The fourth-order valence-corrected chi connectivity index (χ4v) is 1.75. The van der Waals surface area contributed by atoms with Crippen LogP contribution in [0.3, 0.4) is 0 Å². The SMILES string of the molecule is CNC(Cc1ccn(C)n1)c1ccn(C)n1. The molecule has 0 aliphatic carbocycles. The van der Waals surface area contributed by atoms with Gasteiger partial charge < -0.3 is 5.32 Å². The molecule has 1 atom stereocenters. The number of nitrogens with one attached hydrogen (secondary N) is 1. The largest absolute Gasteiger partial charge is 0.311 e. The second-order valence-corrected chi connectivity index (χ2v) is 3.94. The minimum atomic E-state index is 0.219. The normalized spacial score (nSPS) is 12.9. The first-order valence-corrected chi connectivity index (χ1v) is 5.34. The van der Waals surface area contributed by atoms with Gasteiger partial charge in [-0.15, -0.1) is 0 Å². The molecule has 1 N–H and O–H groups in total. The lowest BCUT2D eigenvalue weighted by atomic mass is 10.1. The number of hydrogen-bond acceptors (Lipinski definition) is 3. The van der Waals surface area contributed by atoms with Gasteiger partial charge in [-0.25, -0.2) is 0 Å². The van der Waals surface area contributed by atoms with Crippen molar-refractivity contribution in [1.82, 2.24) is 24.9 Å². The third kappa shape index (κ3) is 2.30. The molecule has 0 aromatic carbocycles. The fraction of sp³-hybridized carbons (Fsp3) is 0.455. The highest BCUT2D eigenvalue weighted by molar-refractivity contribution is 5.10. The van der Waals surface area contributed by atoms with Crippen LogP contribution >= 0.6 is 0 Å². The van der Waals surface area contributed by atoms with E-state index in [2.05, 4.69) is 15.5 Å². The molecule has 0 aliphatic rings. The summed E-state index contributed by atoms with van der Waals surface area (Å²) >= 11 is 0. The zero-order valence-corrected chi connectivity index (χ0v) is 9.88. The summed E-state index contributed by atoms with van der Waals surface area (Å²) in [4.78, 5) is 0. The van der Waals surface area contributed by atoms with Crippen LogP contribution in [-0.2, 0) is 20.5 Å². The minimum absolute atomic E-state index is 0.219. The predicted octanol–water partition coefficient (Wildman–Crippen LogP) is 0.657. The van der Waals surface area contributed by atoms with Gasteiger partial charge in [-0.1, -0.05) is 0 Å². The number of hydrogen-bond donors (Lipinski definition) is 1. The van der Waals surface area contributed by atoms with Crippen molar-refractivity contribution in [1.29, 1.82) is 0 Å². The number of nitrogens with zero attached hydrogens (tertiary/aromatic N) is 4. The topological polar surface area (TPSA) is 47.7 Å². The van der Waals surface area contributed by atoms with Gasteiger partial charge in [-0.3, -0.25) is 9.36 Å². The summed E-state index contributed by atoms with van der Waals surface area (Å²) in [5.41, 5.74) is 2.13. The molecule has 16 heavy (non-hydrogen) atoms. The minimum Gasteiger partial charge on any atom is -0.311 e. The van der Waals surface area contributed by atoms with Crippen LogP contribution < -0.4 is 5.32 Å². The monoisotopic (exact) mass is 219 g/mol. The quantitative estimate of drug-likeness (QED) is 0.821. The van der Waals surface area contributed by atoms with Crippen LogP contribution in [0.5, 0.6) is 0 Å². The van der Waals surface area contributed by atoms with Crippen LogP contribution in [0.15, 0.2) is 24.5 Å². The molecule has 0 aliphatic heterocycles. The summed E-state index contributed by atoms with van der Waals surface area (Å²) in [6.45, 7) is 0. The van der Waals surface area contributed by atoms with Crippen molar-refractivity contribution in [3.63, 3.8) is 0 Å². The summed E-state index contributed by atoms with van der Waals surface area (Å²) < 4.78 is 3.64. The maximum absolute atomic E-state index is 4.40. The van der Waals surface area contributed by atoms with Crippen molar-refractivity contribution in [2.75, 3.05) is 7.05 Å². The molecule has 5 heteroatoms. The summed E-state index contributed by atoms with van der Waals surface area (Å²) in [6, 6.07) is 4.29. The van der Waals surface area contributed by atoms with Gasteiger partial charge in [0.05, 0.1) is 17.4 Å². The van der Waals surface area contributed by atoms with E-state index in [1.54, 1.807) is 0 Å². The van der Waals surface area contributed by atoms with Gasteiger partial charge in [0.2, 0.25) is 0 Å². The molecule has 0 spiro atoms. The second-order valence-electron chi connectivity index (χ2n) is 3.94. The predicted molar refractivity (Wildman–Crippen MR) is 61.9 cm³/mol. The number of rotatable bonds is 4. The Bertz CT molecular complexity index is 456. The molecule has 0 fully saturated rings. The van der Waals surface area contributed by atoms with Crippen molar-refractivity contribution in [2.24, 2.45) is 14.1 Å². The Kier molecular flexibility index (Phi) is 3.05. The molecule has 2 rings (SSSR count). The second kappa shape index (κ2) is 4.49. The zero-order valence-electron chi connectivity index (χ0n) is 9.88. The standard InChI is InChI=1S/C11H17N5/c1-12-11(10-5-7-16(3)14-10)8-9-4-6-15(2)13-9/h4-7,11-12H,8H2,1-3H3. The van der Waals surface area contributed by atoms with Crippen LogP contribution in [0.25, 0.3) is 0 Å². The van der Waals surface area contributed by atoms with Crippen molar-refractivity contribution >= 4 is 0 Å². The average Bonchev–Trinajstić information content (AvgIpc) is 2.84. The first kappa shape index (κ1) is 10.9. The summed E-state index contributed by atoms with van der Waals surface area (Å²) in [7, 11) is 5.80. The van der Waals surface area contributed by atoms with E-state index in [1.807, 2.05) is 55.0 Å². The van der Waals surface area contributed by atoms with Gasteiger partial charge in [0.1, 0.15) is 0 Å². The Labute approximate surface area is 95.1 Å². The lowest BCUT2D eigenvalue weighted by molar-refractivity contribution is 0.552. The Morgan fingerprint density at radius 1 is 1.19 bits per heavy atom. The molecule has 2 aromatic heterocycles. The van der Waals surface area contributed by atoms with Crippen LogP contribution in [0.1, 0.15) is 17.4 Å². The summed E-state index contributed by atoms with van der Waals surface area (Å²) in [5.74, 6) is 0. The van der Waals surface area contributed by atoms with Crippen molar-refractivity contribution in [2.45, 2.75) is 12.5 Å². The van der Waals surface area contributed by atoms with Gasteiger partial charge >= 0.3 is 0 Å². The third-order valence-corrected chi connectivity index (χ3v) is 2.62. The van der Waals surface area contributed by atoms with Gasteiger partial charge in [-0.2, -0.15) is 10.2 Å². The number of likely N-dealkylation sites (N-methyl/N-ethyl adjacent to an activating group) is 1. The Balaban J connectivity index is 2.12. The molecule has 86 valence electrons. The Morgan fingerprint density at radius 3 is 2.38 bits per heavy atom. The maximum atomic E-state index is 4.40. The Hall–Kier alpha value is -1.62. The molecule has 2 heterocycles. The van der Waals surface area contributed by atoms with E-state index in [1.165, 1.54) is 0 Å². The van der Waals surface area contributed by atoms with Gasteiger partial charge in [0.15, 0.2) is 0 Å². The average molecular weight is 219 g/mol. The van der Waals surface area contributed by atoms with Crippen LogP contribution in [-0.4, -0.2) is 26.6 Å². The highest BCUT2D eigenvalue weighted by Crippen LogP contribution is 2.14. The van der Waals surface area contributed by atoms with E-state index in [9.17, 15) is 0 Å². The first-order chi connectivity index (χ1) is 7.69. The van der Waals surface area contributed by atoms with Crippen molar-refractivity contribution < 1.29 is 0 Å². The van der Waals surface area contributed by atoms with E-state index in [0.717, 1.165) is 17.8 Å². The Morgan fingerprint density at radius 2 is 1.88 bits per heavy atom. The van der Waals surface area contributed by atoms with Crippen molar-refractivity contribution in [3.8, 4) is 0 Å². The molecule has 2 aromatic rings. The molecule has 5 nitrogen and oxygen atoms in total. The number of aryl methyl sites for hydroxylation is 2.